The predicted octanol–water partition coefficient (Wildman–Crippen LogP) is 5.68. The lowest BCUT2D eigenvalue weighted by molar-refractivity contribution is 0.343. The summed E-state index contributed by atoms with van der Waals surface area (Å²) in [7, 11) is 0. The Hall–Kier alpha value is -1.63. The average molecular weight is 389 g/mol. The maximum atomic E-state index is 5.80. The van der Waals surface area contributed by atoms with E-state index in [2.05, 4.69) is 46.4 Å². The van der Waals surface area contributed by atoms with Crippen molar-refractivity contribution in [1.29, 1.82) is 0 Å². The van der Waals surface area contributed by atoms with Crippen LogP contribution >= 0.6 is 35.7 Å². The van der Waals surface area contributed by atoms with Gasteiger partial charge in [0.1, 0.15) is 5.75 Å². The van der Waals surface area contributed by atoms with Crippen LogP contribution in [-0.2, 0) is 11.5 Å². The number of aromatic amines is 2. The fraction of sp³-hybridized carbons (Fsp3) is 0.211. The standard InChI is InChI=1S/C19H20N2OS3/c23-19-20-12-16(21-19)14-24-11-10-22-17-6-8-18(9-7-17)25-13-15-4-2-1-3-5-15/h1-9,12H,10-11,13-14H2,(H2,20,21,23). The Bertz CT molecular complexity index is 812. The lowest BCUT2D eigenvalue weighted by Crippen LogP contribution is -2.00. The van der Waals surface area contributed by atoms with Crippen LogP contribution < -0.4 is 4.74 Å². The second-order valence-electron chi connectivity index (χ2n) is 5.41. The fourth-order valence-electron chi connectivity index (χ4n) is 2.22. The van der Waals surface area contributed by atoms with Gasteiger partial charge in [-0.2, -0.15) is 11.8 Å². The van der Waals surface area contributed by atoms with Gasteiger partial charge in [-0.1, -0.05) is 30.3 Å². The van der Waals surface area contributed by atoms with Crippen molar-refractivity contribution in [2.24, 2.45) is 0 Å². The Morgan fingerprint density at radius 2 is 1.76 bits per heavy atom. The molecule has 0 fully saturated rings. The summed E-state index contributed by atoms with van der Waals surface area (Å²) in [5.74, 6) is 3.76. The van der Waals surface area contributed by atoms with E-state index in [1.165, 1.54) is 10.5 Å². The number of hydrogen-bond acceptors (Lipinski definition) is 4. The van der Waals surface area contributed by atoms with E-state index in [0.717, 1.165) is 28.7 Å². The van der Waals surface area contributed by atoms with Crippen LogP contribution in [0.25, 0.3) is 0 Å². The van der Waals surface area contributed by atoms with Crippen LogP contribution in [0.2, 0.25) is 0 Å². The van der Waals surface area contributed by atoms with E-state index in [1.54, 1.807) is 0 Å². The minimum atomic E-state index is 0.678. The minimum absolute atomic E-state index is 0.678. The summed E-state index contributed by atoms with van der Waals surface area (Å²) in [4.78, 5) is 7.34. The van der Waals surface area contributed by atoms with Crippen molar-refractivity contribution >= 4 is 35.7 Å². The van der Waals surface area contributed by atoms with Gasteiger partial charge >= 0.3 is 0 Å². The van der Waals surface area contributed by atoms with Gasteiger partial charge in [-0.15, -0.1) is 11.8 Å². The van der Waals surface area contributed by atoms with Gasteiger partial charge in [0.15, 0.2) is 4.77 Å². The minimum Gasteiger partial charge on any atom is -0.493 e. The first-order valence-corrected chi connectivity index (χ1v) is 10.6. The van der Waals surface area contributed by atoms with Crippen molar-refractivity contribution in [2.45, 2.75) is 16.4 Å². The van der Waals surface area contributed by atoms with Crippen molar-refractivity contribution in [3.63, 3.8) is 0 Å². The smallest absolute Gasteiger partial charge is 0.174 e. The molecule has 3 rings (SSSR count). The molecule has 0 aliphatic heterocycles. The van der Waals surface area contributed by atoms with Crippen LogP contribution in [0.5, 0.6) is 5.75 Å². The maximum absolute atomic E-state index is 5.80. The molecule has 25 heavy (non-hydrogen) atoms. The van der Waals surface area contributed by atoms with Crippen LogP contribution in [0.15, 0.2) is 65.7 Å². The molecule has 0 aliphatic carbocycles. The summed E-state index contributed by atoms with van der Waals surface area (Å²) >= 11 is 8.67. The molecule has 2 N–H and O–H groups in total. The summed E-state index contributed by atoms with van der Waals surface area (Å²) in [6, 6.07) is 18.8. The Morgan fingerprint density at radius 1 is 0.960 bits per heavy atom. The number of aromatic nitrogens is 2. The van der Waals surface area contributed by atoms with Gasteiger partial charge in [0.25, 0.3) is 0 Å². The Balaban J connectivity index is 1.35. The first-order chi connectivity index (χ1) is 12.3. The lowest BCUT2D eigenvalue weighted by atomic mass is 10.2. The molecule has 0 spiro atoms. The summed E-state index contributed by atoms with van der Waals surface area (Å²) in [5, 5.41) is 0. The SMILES string of the molecule is S=c1[nH]cc(CSCCOc2ccc(SCc3ccccc3)cc2)[nH]1. The Kier molecular flexibility index (Phi) is 7.09. The molecule has 0 radical (unpaired) electrons. The topological polar surface area (TPSA) is 40.8 Å². The van der Waals surface area contributed by atoms with E-state index in [4.69, 9.17) is 17.0 Å². The quantitative estimate of drug-likeness (QED) is 0.281. The number of rotatable bonds is 9. The fourth-order valence-corrected chi connectivity index (χ4v) is 3.99. The molecule has 1 aromatic heterocycles. The first kappa shape index (κ1) is 18.2. The van der Waals surface area contributed by atoms with Crippen LogP contribution in [-0.4, -0.2) is 22.3 Å². The third-order valence-corrected chi connectivity index (χ3v) is 5.75. The highest BCUT2D eigenvalue weighted by Gasteiger charge is 1.99. The van der Waals surface area contributed by atoms with Gasteiger partial charge in [-0.05, 0) is 42.0 Å². The zero-order valence-electron chi connectivity index (χ0n) is 13.7. The highest BCUT2D eigenvalue weighted by atomic mass is 32.2. The van der Waals surface area contributed by atoms with Crippen LogP contribution in [0, 0.1) is 4.77 Å². The summed E-state index contributed by atoms with van der Waals surface area (Å²) in [6.07, 6.45) is 1.92. The van der Waals surface area contributed by atoms with Gasteiger partial charge in [0.05, 0.1) is 6.61 Å². The zero-order chi connectivity index (χ0) is 17.3. The van der Waals surface area contributed by atoms with Gasteiger partial charge in [0.2, 0.25) is 0 Å². The third kappa shape index (κ3) is 6.30. The molecule has 1 heterocycles. The number of H-pyrrole nitrogens is 2. The number of nitrogens with one attached hydrogen (secondary N) is 2. The summed E-state index contributed by atoms with van der Waals surface area (Å²) < 4.78 is 6.48. The second-order valence-corrected chi connectivity index (χ2v) is 7.98. The molecule has 6 heteroatoms. The Morgan fingerprint density at radius 3 is 2.48 bits per heavy atom. The summed E-state index contributed by atoms with van der Waals surface area (Å²) in [5.41, 5.74) is 2.46. The highest BCUT2D eigenvalue weighted by Crippen LogP contribution is 2.25. The molecule has 3 aromatic rings. The number of ether oxygens (including phenoxy) is 1. The van der Waals surface area contributed by atoms with Crippen molar-refractivity contribution < 1.29 is 4.74 Å². The van der Waals surface area contributed by atoms with Gasteiger partial charge in [0, 0.05) is 34.0 Å². The molecule has 2 aromatic carbocycles. The van der Waals surface area contributed by atoms with Crippen molar-refractivity contribution in [1.82, 2.24) is 9.97 Å². The maximum Gasteiger partial charge on any atom is 0.174 e. The van der Waals surface area contributed by atoms with Crippen molar-refractivity contribution in [3.05, 3.63) is 76.8 Å². The van der Waals surface area contributed by atoms with Gasteiger partial charge < -0.3 is 14.7 Å². The number of imidazole rings is 1. The van der Waals surface area contributed by atoms with E-state index in [9.17, 15) is 0 Å². The van der Waals surface area contributed by atoms with Crippen LogP contribution in [0.4, 0.5) is 0 Å². The largest absolute Gasteiger partial charge is 0.493 e. The molecular formula is C19H20N2OS3. The van der Waals surface area contributed by atoms with Gasteiger partial charge in [-0.3, -0.25) is 0 Å². The van der Waals surface area contributed by atoms with E-state index < -0.39 is 0 Å². The van der Waals surface area contributed by atoms with Crippen LogP contribution in [0.1, 0.15) is 11.3 Å². The van der Waals surface area contributed by atoms with E-state index in [0.29, 0.717) is 11.4 Å². The Labute approximate surface area is 161 Å². The van der Waals surface area contributed by atoms with Crippen molar-refractivity contribution in [2.75, 3.05) is 12.4 Å². The molecule has 0 atom stereocenters. The van der Waals surface area contributed by atoms with Crippen molar-refractivity contribution in [3.8, 4) is 5.75 Å². The monoisotopic (exact) mass is 388 g/mol. The third-order valence-electron chi connectivity index (χ3n) is 3.48. The average Bonchev–Trinajstić information content (AvgIpc) is 3.07. The van der Waals surface area contributed by atoms with E-state index in [1.807, 2.05) is 47.9 Å². The number of hydrogen-bond donors (Lipinski definition) is 2. The first-order valence-electron chi connectivity index (χ1n) is 8.03. The second kappa shape index (κ2) is 9.75. The van der Waals surface area contributed by atoms with Gasteiger partial charge in [-0.25, -0.2) is 0 Å². The molecule has 0 saturated heterocycles. The molecule has 0 bridgehead atoms. The normalized spacial score (nSPS) is 10.7. The molecule has 0 aliphatic rings. The predicted molar refractivity (Wildman–Crippen MR) is 110 cm³/mol. The lowest BCUT2D eigenvalue weighted by Gasteiger charge is -2.07. The molecule has 0 saturated carbocycles. The highest BCUT2D eigenvalue weighted by molar-refractivity contribution is 7.98. The summed E-state index contributed by atoms with van der Waals surface area (Å²) in [6.45, 7) is 0.701. The van der Waals surface area contributed by atoms with E-state index >= 15 is 0 Å². The molecule has 0 amide bonds. The number of benzene rings is 2. The zero-order valence-corrected chi connectivity index (χ0v) is 16.2. The molecule has 3 nitrogen and oxygen atoms in total. The van der Waals surface area contributed by atoms with E-state index in [-0.39, 0.29) is 0 Å². The molecule has 0 unspecified atom stereocenters. The molecular weight excluding hydrogens is 368 g/mol. The van der Waals surface area contributed by atoms with Crippen LogP contribution in [0.3, 0.4) is 0 Å². The molecule has 130 valence electrons. The number of thioether (sulfide) groups is 2.